The normalized spacial score (nSPS) is 13.6. The smallest absolute Gasteiger partial charge is 0.387 e. The number of aliphatic hydroxyl groups excluding tert-OH is 1. The summed E-state index contributed by atoms with van der Waals surface area (Å²) >= 11 is 1.29. The number of aliphatic hydroxyl groups is 1. The van der Waals surface area contributed by atoms with Crippen LogP contribution in [-0.4, -0.2) is 17.6 Å². The van der Waals surface area contributed by atoms with Gasteiger partial charge in [0.25, 0.3) is 5.91 Å². The minimum Gasteiger partial charge on any atom is -0.387 e. The lowest BCUT2D eigenvalue weighted by atomic mass is 10.0. The molecular weight excluding hydrogens is 372 g/mol. The third kappa shape index (κ3) is 4.95. The number of rotatable bonds is 4. The first kappa shape index (κ1) is 19.3. The highest BCUT2D eigenvalue weighted by Gasteiger charge is 2.37. The molecule has 2 N–H and O–H groups in total. The molecule has 0 bridgehead atoms. The summed E-state index contributed by atoms with van der Waals surface area (Å²) in [6, 6.07) is 2.19. The van der Waals surface area contributed by atoms with Gasteiger partial charge in [-0.1, -0.05) is 0 Å². The van der Waals surface area contributed by atoms with Crippen molar-refractivity contribution in [2.45, 2.75) is 18.5 Å². The zero-order chi connectivity index (χ0) is 18.8. The molecule has 1 atom stereocenters. The van der Waals surface area contributed by atoms with Crippen LogP contribution in [0.4, 0.5) is 26.3 Å². The van der Waals surface area contributed by atoms with Crippen molar-refractivity contribution in [1.82, 2.24) is 5.32 Å². The summed E-state index contributed by atoms with van der Waals surface area (Å²) in [5.41, 5.74) is -3.47. The summed E-state index contributed by atoms with van der Waals surface area (Å²) in [6.45, 7) is -0.354. The lowest BCUT2D eigenvalue weighted by Crippen LogP contribution is -2.29. The van der Waals surface area contributed by atoms with Crippen molar-refractivity contribution in [3.63, 3.8) is 0 Å². The van der Waals surface area contributed by atoms with Crippen LogP contribution in [0.2, 0.25) is 0 Å². The minimum absolute atomic E-state index is 0.0585. The average Bonchev–Trinajstić information content (AvgIpc) is 3.04. The Morgan fingerprint density at radius 3 is 2.08 bits per heavy atom. The van der Waals surface area contributed by atoms with E-state index in [2.05, 4.69) is 5.32 Å². The van der Waals surface area contributed by atoms with Crippen LogP contribution < -0.4 is 5.32 Å². The number of thiophene rings is 1. The molecule has 1 aromatic carbocycles. The van der Waals surface area contributed by atoms with Gasteiger partial charge in [-0.3, -0.25) is 4.79 Å². The predicted octanol–water partition coefficient (Wildman–Crippen LogP) is 4.25. The number of hydrogen-bond acceptors (Lipinski definition) is 3. The molecule has 2 aromatic rings. The number of hydrogen-bond donors (Lipinski definition) is 2. The van der Waals surface area contributed by atoms with Crippen LogP contribution in [0, 0.1) is 0 Å². The maximum atomic E-state index is 12.8. The van der Waals surface area contributed by atoms with Crippen LogP contribution in [0.15, 0.2) is 35.0 Å². The van der Waals surface area contributed by atoms with Crippen molar-refractivity contribution in [3.05, 3.63) is 57.3 Å². The third-order valence-corrected chi connectivity index (χ3v) is 3.94. The monoisotopic (exact) mass is 383 g/mol. The molecule has 0 aliphatic heterocycles. The fourth-order valence-electron chi connectivity index (χ4n) is 1.96. The summed E-state index contributed by atoms with van der Waals surface area (Å²) in [4.78, 5) is 11.9. The molecular formula is C15H11F6NO2S. The van der Waals surface area contributed by atoms with E-state index in [1.165, 1.54) is 11.3 Å². The van der Waals surface area contributed by atoms with Gasteiger partial charge >= 0.3 is 12.4 Å². The Hall–Kier alpha value is -2.07. The van der Waals surface area contributed by atoms with Gasteiger partial charge in [-0.15, -0.1) is 0 Å². The Balaban J connectivity index is 2.23. The molecule has 0 saturated heterocycles. The highest BCUT2D eigenvalue weighted by atomic mass is 32.1. The molecule has 3 nitrogen and oxygen atoms in total. The zero-order valence-corrected chi connectivity index (χ0v) is 13.1. The number of halogens is 6. The minimum atomic E-state index is -5.04. The number of benzene rings is 1. The van der Waals surface area contributed by atoms with Crippen molar-refractivity contribution < 1.29 is 36.2 Å². The lowest BCUT2D eigenvalue weighted by Gasteiger charge is -2.15. The Kier molecular flexibility index (Phi) is 5.43. The quantitative estimate of drug-likeness (QED) is 0.776. The topological polar surface area (TPSA) is 49.3 Å². The second-order valence-electron chi connectivity index (χ2n) is 5.08. The van der Waals surface area contributed by atoms with Crippen LogP contribution in [0.25, 0.3) is 0 Å². The van der Waals surface area contributed by atoms with Crippen molar-refractivity contribution in [3.8, 4) is 0 Å². The van der Waals surface area contributed by atoms with E-state index < -0.39 is 41.1 Å². The highest BCUT2D eigenvalue weighted by Crippen LogP contribution is 2.36. The van der Waals surface area contributed by atoms with Crippen LogP contribution in [-0.2, 0) is 12.4 Å². The first-order valence-electron chi connectivity index (χ1n) is 6.76. The standard InChI is InChI=1S/C15H11F6NO2S/c16-14(17,18)10-3-9(4-11(5-10)15(19,20)21)13(24)22-6-12(23)8-1-2-25-7-8/h1-5,7,12,23H,6H2,(H,22,24)/t12-/m0/s1. The molecule has 136 valence electrons. The van der Waals surface area contributed by atoms with Gasteiger partial charge in [0.2, 0.25) is 0 Å². The van der Waals surface area contributed by atoms with Gasteiger partial charge in [0.15, 0.2) is 0 Å². The molecule has 2 rings (SSSR count). The van der Waals surface area contributed by atoms with E-state index in [9.17, 15) is 36.2 Å². The van der Waals surface area contributed by atoms with Crippen molar-refractivity contribution in [2.24, 2.45) is 0 Å². The van der Waals surface area contributed by atoms with E-state index in [0.29, 0.717) is 17.7 Å². The van der Waals surface area contributed by atoms with Crippen molar-refractivity contribution >= 4 is 17.2 Å². The molecule has 0 aliphatic carbocycles. The van der Waals surface area contributed by atoms with Gasteiger partial charge in [-0.2, -0.15) is 37.7 Å². The third-order valence-electron chi connectivity index (χ3n) is 3.23. The molecule has 1 aromatic heterocycles. The second kappa shape index (κ2) is 7.04. The Morgan fingerprint density at radius 1 is 1.08 bits per heavy atom. The first-order valence-corrected chi connectivity index (χ1v) is 7.70. The first-order chi connectivity index (χ1) is 11.5. The lowest BCUT2D eigenvalue weighted by molar-refractivity contribution is -0.143. The Bertz CT molecular complexity index is 707. The summed E-state index contributed by atoms with van der Waals surface area (Å²) in [5.74, 6) is -1.15. The molecule has 0 unspecified atom stereocenters. The molecule has 0 saturated carbocycles. The van der Waals surface area contributed by atoms with Crippen molar-refractivity contribution in [2.75, 3.05) is 6.54 Å². The maximum Gasteiger partial charge on any atom is 0.416 e. The number of nitrogens with one attached hydrogen (secondary N) is 1. The van der Waals surface area contributed by atoms with Crippen molar-refractivity contribution in [1.29, 1.82) is 0 Å². The Morgan fingerprint density at radius 2 is 1.64 bits per heavy atom. The number of carbonyl (C=O) groups excluding carboxylic acids is 1. The van der Waals surface area contributed by atoms with Gasteiger partial charge in [0, 0.05) is 12.1 Å². The zero-order valence-electron chi connectivity index (χ0n) is 12.3. The molecule has 0 aliphatic rings. The van der Waals surface area contributed by atoms with Crippen LogP contribution >= 0.6 is 11.3 Å². The van der Waals surface area contributed by atoms with Gasteiger partial charge in [-0.05, 0) is 40.6 Å². The maximum absolute atomic E-state index is 12.8. The van der Waals surface area contributed by atoms with Crippen LogP contribution in [0.5, 0.6) is 0 Å². The van der Waals surface area contributed by atoms with E-state index in [0.717, 1.165) is 0 Å². The Labute approximate surface area is 141 Å². The second-order valence-corrected chi connectivity index (χ2v) is 5.86. The molecule has 0 radical (unpaired) electrons. The van der Waals surface area contributed by atoms with E-state index >= 15 is 0 Å². The molecule has 0 fully saturated rings. The molecule has 0 spiro atoms. The molecule has 1 amide bonds. The largest absolute Gasteiger partial charge is 0.416 e. The molecule has 10 heteroatoms. The summed E-state index contributed by atoms with van der Waals surface area (Å²) < 4.78 is 76.6. The van der Waals surface area contributed by atoms with Gasteiger partial charge in [0.1, 0.15) is 0 Å². The van der Waals surface area contributed by atoms with Gasteiger partial charge < -0.3 is 10.4 Å². The number of carbonyl (C=O) groups is 1. The van der Waals surface area contributed by atoms with E-state index in [-0.39, 0.29) is 12.6 Å². The van der Waals surface area contributed by atoms with Gasteiger partial charge in [0.05, 0.1) is 17.2 Å². The molecule has 25 heavy (non-hydrogen) atoms. The summed E-state index contributed by atoms with van der Waals surface area (Å²) in [5, 5.41) is 15.2. The highest BCUT2D eigenvalue weighted by molar-refractivity contribution is 7.07. The number of amides is 1. The fourth-order valence-corrected chi connectivity index (χ4v) is 2.67. The average molecular weight is 383 g/mol. The van der Waals surface area contributed by atoms with Crippen LogP contribution in [0.3, 0.4) is 0 Å². The summed E-state index contributed by atoms with van der Waals surface area (Å²) in [7, 11) is 0. The number of alkyl halides is 6. The predicted molar refractivity (Wildman–Crippen MR) is 78.1 cm³/mol. The summed E-state index contributed by atoms with van der Waals surface area (Å²) in [6.07, 6.45) is -11.2. The fraction of sp³-hybridized carbons (Fsp3) is 0.267. The van der Waals surface area contributed by atoms with E-state index in [1.54, 1.807) is 16.8 Å². The van der Waals surface area contributed by atoms with Crippen LogP contribution in [0.1, 0.15) is 33.2 Å². The molecule has 1 heterocycles. The van der Waals surface area contributed by atoms with Gasteiger partial charge in [-0.25, -0.2) is 0 Å². The SMILES string of the molecule is O=C(NC[C@H](O)c1ccsc1)c1cc(C(F)(F)F)cc(C(F)(F)F)c1. The van der Waals surface area contributed by atoms with E-state index in [4.69, 9.17) is 0 Å². The van der Waals surface area contributed by atoms with E-state index in [1.807, 2.05) is 0 Å².